The second-order valence-corrected chi connectivity index (χ2v) is 7.35. The van der Waals surface area contributed by atoms with Crippen LogP contribution in [0.3, 0.4) is 0 Å². The number of rotatable bonds is 7. The van der Waals surface area contributed by atoms with E-state index in [2.05, 4.69) is 46.9 Å². The lowest BCUT2D eigenvalue weighted by atomic mass is 9.90. The van der Waals surface area contributed by atoms with Crippen molar-refractivity contribution < 1.29 is 5.11 Å². The van der Waals surface area contributed by atoms with Crippen LogP contribution in [-0.4, -0.2) is 28.0 Å². The van der Waals surface area contributed by atoms with Crippen molar-refractivity contribution in [3.05, 3.63) is 29.3 Å². The minimum Gasteiger partial charge on any atom is -0.392 e. The van der Waals surface area contributed by atoms with Crippen molar-refractivity contribution in [3.63, 3.8) is 0 Å². The number of aromatic nitrogens is 2. The van der Waals surface area contributed by atoms with E-state index in [4.69, 9.17) is 0 Å². The first-order valence-electron chi connectivity index (χ1n) is 7.57. The van der Waals surface area contributed by atoms with Gasteiger partial charge in [0.25, 0.3) is 0 Å². The standard InChI is InChI=1S/C16H23N3OS/c1-11(2)15(20)16(5-6-16)10-17-8-12-9-18-19-14(12)13-4-3-7-21-13/h3-4,7,9,11,15,17,20H,5-6,8,10H2,1-2H3,(H,18,19)/t15-/m1/s1. The van der Waals surface area contributed by atoms with Gasteiger partial charge < -0.3 is 10.4 Å². The molecule has 0 spiro atoms. The summed E-state index contributed by atoms with van der Waals surface area (Å²) in [6, 6.07) is 4.16. The van der Waals surface area contributed by atoms with Crippen LogP contribution in [0.2, 0.25) is 0 Å². The average molecular weight is 305 g/mol. The van der Waals surface area contributed by atoms with Crippen LogP contribution in [0.1, 0.15) is 32.3 Å². The van der Waals surface area contributed by atoms with Crippen molar-refractivity contribution in [1.29, 1.82) is 0 Å². The Bertz CT molecular complexity index is 572. The van der Waals surface area contributed by atoms with Crippen LogP contribution in [0.4, 0.5) is 0 Å². The average Bonchev–Trinajstić information content (AvgIpc) is 2.90. The summed E-state index contributed by atoms with van der Waals surface area (Å²) in [5, 5.41) is 23.2. The van der Waals surface area contributed by atoms with Gasteiger partial charge in [0.15, 0.2) is 0 Å². The van der Waals surface area contributed by atoms with Crippen molar-refractivity contribution in [2.45, 2.75) is 39.3 Å². The molecule has 3 rings (SSSR count). The smallest absolute Gasteiger partial charge is 0.0794 e. The molecule has 0 bridgehead atoms. The molecular weight excluding hydrogens is 282 g/mol. The second-order valence-electron chi connectivity index (χ2n) is 6.40. The molecule has 2 aromatic rings. The van der Waals surface area contributed by atoms with Crippen molar-refractivity contribution in [1.82, 2.24) is 15.5 Å². The van der Waals surface area contributed by atoms with Gasteiger partial charge in [-0.25, -0.2) is 0 Å². The molecule has 1 saturated carbocycles. The Hall–Kier alpha value is -1.17. The Morgan fingerprint density at radius 3 is 2.90 bits per heavy atom. The molecule has 1 aliphatic carbocycles. The molecule has 2 aromatic heterocycles. The zero-order valence-electron chi connectivity index (χ0n) is 12.6. The summed E-state index contributed by atoms with van der Waals surface area (Å²) < 4.78 is 0. The molecule has 0 radical (unpaired) electrons. The third-order valence-electron chi connectivity index (χ3n) is 4.43. The molecule has 1 atom stereocenters. The van der Waals surface area contributed by atoms with E-state index >= 15 is 0 Å². The number of hydrogen-bond donors (Lipinski definition) is 3. The highest BCUT2D eigenvalue weighted by Crippen LogP contribution is 2.50. The van der Waals surface area contributed by atoms with Crippen LogP contribution >= 0.6 is 11.3 Å². The largest absolute Gasteiger partial charge is 0.392 e. The minimum absolute atomic E-state index is 0.0982. The molecule has 21 heavy (non-hydrogen) atoms. The topological polar surface area (TPSA) is 60.9 Å². The van der Waals surface area contributed by atoms with Gasteiger partial charge in [-0.05, 0) is 30.2 Å². The van der Waals surface area contributed by atoms with Crippen LogP contribution in [0.25, 0.3) is 10.6 Å². The molecule has 114 valence electrons. The predicted octanol–water partition coefficient (Wildman–Crippen LogP) is 3.02. The zero-order valence-corrected chi connectivity index (χ0v) is 13.4. The van der Waals surface area contributed by atoms with Crippen molar-refractivity contribution in [3.8, 4) is 10.6 Å². The van der Waals surface area contributed by atoms with Gasteiger partial charge in [-0.1, -0.05) is 19.9 Å². The van der Waals surface area contributed by atoms with Crippen molar-refractivity contribution >= 4 is 11.3 Å². The SMILES string of the molecule is CC(C)[C@@H](O)C1(CNCc2cn[nH]c2-c2cccs2)CC1. The number of H-pyrrole nitrogens is 1. The Balaban J connectivity index is 1.59. The Morgan fingerprint density at radius 2 is 2.29 bits per heavy atom. The van der Waals surface area contributed by atoms with Crippen LogP contribution in [-0.2, 0) is 6.54 Å². The highest BCUT2D eigenvalue weighted by atomic mass is 32.1. The quantitative estimate of drug-likeness (QED) is 0.737. The highest BCUT2D eigenvalue weighted by molar-refractivity contribution is 7.13. The van der Waals surface area contributed by atoms with Gasteiger partial charge in [0, 0.05) is 24.1 Å². The molecule has 2 heterocycles. The zero-order chi connectivity index (χ0) is 14.9. The van der Waals surface area contributed by atoms with Gasteiger partial charge in [0.1, 0.15) is 0 Å². The first-order chi connectivity index (χ1) is 10.1. The third-order valence-corrected chi connectivity index (χ3v) is 5.32. The van der Waals surface area contributed by atoms with E-state index in [1.54, 1.807) is 11.3 Å². The van der Waals surface area contributed by atoms with E-state index in [0.717, 1.165) is 31.6 Å². The fraction of sp³-hybridized carbons (Fsp3) is 0.562. The molecule has 5 heteroatoms. The number of thiophene rings is 1. The number of aliphatic hydroxyl groups is 1. The molecular formula is C16H23N3OS. The summed E-state index contributed by atoms with van der Waals surface area (Å²) in [4.78, 5) is 1.22. The van der Waals surface area contributed by atoms with Crippen LogP contribution in [0, 0.1) is 11.3 Å². The highest BCUT2D eigenvalue weighted by Gasteiger charge is 2.49. The number of aliphatic hydroxyl groups excluding tert-OH is 1. The van der Waals surface area contributed by atoms with E-state index in [0.29, 0.717) is 5.92 Å². The maximum absolute atomic E-state index is 10.3. The van der Waals surface area contributed by atoms with Gasteiger partial charge >= 0.3 is 0 Å². The molecule has 4 nitrogen and oxygen atoms in total. The number of aromatic amines is 1. The lowest BCUT2D eigenvalue weighted by Crippen LogP contribution is -2.36. The molecule has 0 aromatic carbocycles. The molecule has 0 amide bonds. The number of nitrogens with one attached hydrogen (secondary N) is 2. The first kappa shape index (κ1) is 14.8. The summed E-state index contributed by atoms with van der Waals surface area (Å²) in [5.41, 5.74) is 2.39. The van der Waals surface area contributed by atoms with Gasteiger partial charge in [-0.15, -0.1) is 11.3 Å². The summed E-state index contributed by atoms with van der Waals surface area (Å²) >= 11 is 1.72. The van der Waals surface area contributed by atoms with Crippen LogP contribution in [0.15, 0.2) is 23.7 Å². The summed E-state index contributed by atoms with van der Waals surface area (Å²) in [6.07, 6.45) is 3.94. The fourth-order valence-corrected chi connectivity index (χ4v) is 3.73. The van der Waals surface area contributed by atoms with Gasteiger partial charge in [0.05, 0.1) is 22.9 Å². The summed E-state index contributed by atoms with van der Waals surface area (Å²) in [7, 11) is 0. The lowest BCUT2D eigenvalue weighted by molar-refractivity contribution is 0.0502. The lowest BCUT2D eigenvalue weighted by Gasteiger charge is -2.25. The van der Waals surface area contributed by atoms with E-state index < -0.39 is 0 Å². The van der Waals surface area contributed by atoms with Crippen molar-refractivity contribution in [2.75, 3.05) is 6.54 Å². The Kier molecular flexibility index (Phi) is 4.15. The third kappa shape index (κ3) is 3.05. The predicted molar refractivity (Wildman–Crippen MR) is 86.1 cm³/mol. The molecule has 0 unspecified atom stereocenters. The molecule has 1 aliphatic rings. The number of nitrogens with zero attached hydrogens (tertiary/aromatic N) is 1. The van der Waals surface area contributed by atoms with E-state index in [1.807, 2.05) is 6.20 Å². The maximum atomic E-state index is 10.3. The van der Waals surface area contributed by atoms with E-state index in [9.17, 15) is 5.11 Å². The summed E-state index contributed by atoms with van der Waals surface area (Å²) in [6.45, 7) is 5.85. The minimum atomic E-state index is -0.203. The maximum Gasteiger partial charge on any atom is 0.0794 e. The molecule has 1 fully saturated rings. The molecule has 0 saturated heterocycles. The van der Waals surface area contributed by atoms with Gasteiger partial charge in [-0.3, -0.25) is 5.10 Å². The molecule has 3 N–H and O–H groups in total. The Labute approximate surface area is 129 Å². The normalized spacial score (nSPS) is 18.1. The van der Waals surface area contributed by atoms with Gasteiger partial charge in [-0.2, -0.15) is 5.10 Å². The number of hydrogen-bond acceptors (Lipinski definition) is 4. The monoisotopic (exact) mass is 305 g/mol. The summed E-state index contributed by atoms with van der Waals surface area (Å²) in [5.74, 6) is 0.324. The molecule has 0 aliphatic heterocycles. The van der Waals surface area contributed by atoms with Crippen LogP contribution < -0.4 is 5.32 Å². The van der Waals surface area contributed by atoms with E-state index in [-0.39, 0.29) is 11.5 Å². The fourth-order valence-electron chi connectivity index (χ4n) is 2.97. The van der Waals surface area contributed by atoms with Crippen molar-refractivity contribution in [2.24, 2.45) is 11.3 Å². The second kappa shape index (κ2) is 5.91. The van der Waals surface area contributed by atoms with Gasteiger partial charge in [0.2, 0.25) is 0 Å². The van der Waals surface area contributed by atoms with Crippen LogP contribution in [0.5, 0.6) is 0 Å². The Morgan fingerprint density at radius 1 is 1.48 bits per heavy atom. The first-order valence-corrected chi connectivity index (χ1v) is 8.45. The van der Waals surface area contributed by atoms with E-state index in [1.165, 1.54) is 10.4 Å².